The van der Waals surface area contributed by atoms with E-state index in [1.54, 1.807) is 24.4 Å². The predicted molar refractivity (Wildman–Crippen MR) is 135 cm³/mol. The Morgan fingerprint density at radius 1 is 1.17 bits per heavy atom. The summed E-state index contributed by atoms with van der Waals surface area (Å²) in [4.78, 5) is 26.4. The van der Waals surface area contributed by atoms with Crippen molar-refractivity contribution in [3.05, 3.63) is 65.9 Å². The van der Waals surface area contributed by atoms with E-state index in [2.05, 4.69) is 19.7 Å². The summed E-state index contributed by atoms with van der Waals surface area (Å²) in [6.45, 7) is 1.67. The SMILES string of the molecule is CCOc1cc(C(=O)Nc2cc(CF)ccn2)ccc1-c1nc(C2C[C@@H]3C[C@@H]3C2)n2ccnc(N)c12. The van der Waals surface area contributed by atoms with Gasteiger partial charge in [0.25, 0.3) is 5.91 Å². The normalized spacial score (nSPS) is 20.3. The van der Waals surface area contributed by atoms with Crippen LogP contribution in [0.15, 0.2) is 48.9 Å². The first-order chi connectivity index (χ1) is 17.6. The van der Waals surface area contributed by atoms with E-state index < -0.39 is 6.67 Å². The molecular formula is C27H27FN6O2. The Kier molecular flexibility index (Phi) is 5.55. The van der Waals surface area contributed by atoms with E-state index in [0.717, 1.165) is 41.6 Å². The van der Waals surface area contributed by atoms with Crippen LogP contribution in [0.2, 0.25) is 0 Å². The fraction of sp³-hybridized carbons (Fsp3) is 0.333. The molecule has 36 heavy (non-hydrogen) atoms. The molecule has 2 aliphatic rings. The molecule has 1 aromatic carbocycles. The Balaban J connectivity index is 1.38. The number of rotatable bonds is 7. The van der Waals surface area contributed by atoms with Crippen molar-refractivity contribution >= 4 is 23.1 Å². The summed E-state index contributed by atoms with van der Waals surface area (Å²) in [5.74, 6) is 3.89. The van der Waals surface area contributed by atoms with E-state index in [1.165, 1.54) is 18.7 Å². The number of pyridine rings is 1. The average molecular weight is 487 g/mol. The van der Waals surface area contributed by atoms with Gasteiger partial charge in [0, 0.05) is 35.6 Å². The van der Waals surface area contributed by atoms with Gasteiger partial charge in [0.15, 0.2) is 0 Å². The first kappa shape index (κ1) is 22.5. The van der Waals surface area contributed by atoms with Gasteiger partial charge >= 0.3 is 0 Å². The van der Waals surface area contributed by atoms with Gasteiger partial charge in [0.05, 0.1) is 6.61 Å². The molecule has 2 saturated carbocycles. The average Bonchev–Trinajstić information content (AvgIpc) is 3.31. The van der Waals surface area contributed by atoms with Crippen molar-refractivity contribution in [2.75, 3.05) is 17.7 Å². The molecule has 8 nitrogen and oxygen atoms in total. The number of hydrogen-bond donors (Lipinski definition) is 2. The van der Waals surface area contributed by atoms with Gasteiger partial charge in [0.2, 0.25) is 0 Å². The number of anilines is 2. The summed E-state index contributed by atoms with van der Waals surface area (Å²) in [7, 11) is 0. The number of hydrogen-bond acceptors (Lipinski definition) is 6. The van der Waals surface area contributed by atoms with Crippen LogP contribution in [0.5, 0.6) is 5.75 Å². The van der Waals surface area contributed by atoms with Crippen molar-refractivity contribution < 1.29 is 13.9 Å². The van der Waals surface area contributed by atoms with Crippen molar-refractivity contribution in [3.8, 4) is 17.0 Å². The van der Waals surface area contributed by atoms with Gasteiger partial charge in [-0.05, 0) is 73.9 Å². The Morgan fingerprint density at radius 3 is 2.78 bits per heavy atom. The second-order valence-electron chi connectivity index (χ2n) is 9.55. The van der Waals surface area contributed by atoms with E-state index in [4.69, 9.17) is 15.5 Å². The molecule has 3 aromatic heterocycles. The number of nitrogens with zero attached hydrogens (tertiary/aromatic N) is 4. The number of alkyl halides is 1. The zero-order chi connectivity index (χ0) is 24.8. The molecule has 0 radical (unpaired) electrons. The zero-order valence-electron chi connectivity index (χ0n) is 19.9. The van der Waals surface area contributed by atoms with Gasteiger partial charge in [-0.3, -0.25) is 9.20 Å². The maximum Gasteiger partial charge on any atom is 0.256 e. The fourth-order valence-corrected chi connectivity index (χ4v) is 5.44. The van der Waals surface area contributed by atoms with Crippen LogP contribution >= 0.6 is 0 Å². The van der Waals surface area contributed by atoms with Crippen LogP contribution in [0.1, 0.15) is 53.8 Å². The summed E-state index contributed by atoms with van der Waals surface area (Å²) in [6.07, 6.45) is 8.73. The molecule has 0 aliphatic heterocycles. The summed E-state index contributed by atoms with van der Waals surface area (Å²) < 4.78 is 21.0. The van der Waals surface area contributed by atoms with Crippen molar-refractivity contribution in [1.82, 2.24) is 19.4 Å². The van der Waals surface area contributed by atoms with E-state index in [1.807, 2.05) is 19.2 Å². The number of nitrogen functional groups attached to an aromatic ring is 1. The molecule has 2 aliphatic carbocycles. The number of carbonyl (C=O) groups excluding carboxylic acids is 1. The third-order valence-corrected chi connectivity index (χ3v) is 7.24. The number of imidazole rings is 1. The number of fused-ring (bicyclic) bond motifs is 2. The molecule has 0 bridgehead atoms. The molecule has 9 heteroatoms. The number of aromatic nitrogens is 4. The van der Waals surface area contributed by atoms with Crippen molar-refractivity contribution in [2.24, 2.45) is 11.8 Å². The minimum Gasteiger partial charge on any atom is -0.493 e. The minimum atomic E-state index is -0.630. The van der Waals surface area contributed by atoms with Crippen LogP contribution in [0.25, 0.3) is 16.8 Å². The molecule has 184 valence electrons. The monoisotopic (exact) mass is 486 g/mol. The first-order valence-electron chi connectivity index (χ1n) is 12.3. The zero-order valence-corrected chi connectivity index (χ0v) is 19.9. The number of amides is 1. The standard InChI is InChI=1S/C27H27FN6O2/c1-2-36-21-13-16(27(35)32-22-9-15(14-28)5-6-30-22)3-4-20(21)23-24-25(29)31-7-8-34(24)26(33-23)19-11-17-10-18(17)12-19/h3-9,13,17-19H,2,10-12,14H2,1H3,(H2,29,31)(H,30,32,35)/t17-,18+,19?. The second-order valence-corrected chi connectivity index (χ2v) is 9.55. The fourth-order valence-electron chi connectivity index (χ4n) is 5.44. The van der Waals surface area contributed by atoms with E-state index in [0.29, 0.717) is 40.9 Å². The highest BCUT2D eigenvalue weighted by atomic mass is 19.1. The second kappa shape index (κ2) is 8.89. The number of nitrogens with one attached hydrogen (secondary N) is 1. The highest BCUT2D eigenvalue weighted by molar-refractivity contribution is 6.04. The summed E-state index contributed by atoms with van der Waals surface area (Å²) in [5.41, 5.74) is 9.37. The van der Waals surface area contributed by atoms with Crippen molar-refractivity contribution in [3.63, 3.8) is 0 Å². The van der Waals surface area contributed by atoms with Gasteiger partial charge in [-0.25, -0.2) is 19.3 Å². The van der Waals surface area contributed by atoms with Crippen LogP contribution < -0.4 is 15.8 Å². The van der Waals surface area contributed by atoms with Crippen LogP contribution in [-0.2, 0) is 6.67 Å². The van der Waals surface area contributed by atoms with Gasteiger partial charge in [-0.1, -0.05) is 0 Å². The highest BCUT2D eigenvalue weighted by Gasteiger charge is 2.47. The van der Waals surface area contributed by atoms with Gasteiger partial charge in [-0.15, -0.1) is 0 Å². The Morgan fingerprint density at radius 2 is 2.00 bits per heavy atom. The highest BCUT2D eigenvalue weighted by Crippen LogP contribution is 2.57. The lowest BCUT2D eigenvalue weighted by Crippen LogP contribution is -2.13. The van der Waals surface area contributed by atoms with Crippen molar-refractivity contribution in [2.45, 2.75) is 38.8 Å². The van der Waals surface area contributed by atoms with Crippen LogP contribution in [0, 0.1) is 11.8 Å². The van der Waals surface area contributed by atoms with Gasteiger partial charge < -0.3 is 15.8 Å². The molecule has 4 aromatic rings. The number of nitrogens with two attached hydrogens (primary N) is 1. The van der Waals surface area contributed by atoms with E-state index >= 15 is 0 Å². The lowest BCUT2D eigenvalue weighted by molar-refractivity contribution is 0.102. The predicted octanol–water partition coefficient (Wildman–Crippen LogP) is 5.01. The van der Waals surface area contributed by atoms with Crippen LogP contribution in [0.3, 0.4) is 0 Å². The molecule has 0 spiro atoms. The summed E-state index contributed by atoms with van der Waals surface area (Å²) in [6, 6.07) is 8.31. The summed E-state index contributed by atoms with van der Waals surface area (Å²) in [5, 5.41) is 2.73. The smallest absolute Gasteiger partial charge is 0.256 e. The molecule has 0 saturated heterocycles. The van der Waals surface area contributed by atoms with Crippen LogP contribution in [0.4, 0.5) is 16.0 Å². The maximum atomic E-state index is 13.0. The quantitative estimate of drug-likeness (QED) is 0.380. The first-order valence-corrected chi connectivity index (χ1v) is 12.3. The van der Waals surface area contributed by atoms with E-state index in [9.17, 15) is 9.18 Å². The third-order valence-electron chi connectivity index (χ3n) is 7.24. The van der Waals surface area contributed by atoms with E-state index in [-0.39, 0.29) is 11.7 Å². The Bertz CT molecular complexity index is 1460. The summed E-state index contributed by atoms with van der Waals surface area (Å²) >= 11 is 0. The third kappa shape index (κ3) is 3.94. The molecule has 1 unspecified atom stereocenters. The number of ether oxygens (including phenoxy) is 1. The number of benzene rings is 1. The lowest BCUT2D eigenvalue weighted by Gasteiger charge is -2.12. The van der Waals surface area contributed by atoms with Gasteiger partial charge in [0.1, 0.15) is 41.1 Å². The van der Waals surface area contributed by atoms with Crippen LogP contribution in [-0.4, -0.2) is 31.9 Å². The largest absolute Gasteiger partial charge is 0.493 e. The van der Waals surface area contributed by atoms with Gasteiger partial charge in [-0.2, -0.15) is 0 Å². The maximum absolute atomic E-state index is 13.0. The molecule has 2 fully saturated rings. The van der Waals surface area contributed by atoms with Crippen molar-refractivity contribution in [1.29, 1.82) is 0 Å². The molecule has 3 N–H and O–H groups in total. The lowest BCUT2D eigenvalue weighted by atomic mass is 10.0. The Labute approximate surface area is 207 Å². The number of carbonyl (C=O) groups is 1. The molecule has 1 amide bonds. The minimum absolute atomic E-state index is 0.287. The number of halogens is 1. The molecule has 6 rings (SSSR count). The molecule has 3 heterocycles. The molecule has 3 atom stereocenters. The molecular weight excluding hydrogens is 459 g/mol. The Hall–Kier alpha value is -4.01. The topological polar surface area (TPSA) is 107 Å².